The number of esters is 1. The van der Waals surface area contributed by atoms with Crippen molar-refractivity contribution >= 4 is 11.8 Å². The summed E-state index contributed by atoms with van der Waals surface area (Å²) < 4.78 is 36.5. The zero-order valence-electron chi connectivity index (χ0n) is 15.4. The quantitative estimate of drug-likeness (QED) is 0.504. The van der Waals surface area contributed by atoms with Gasteiger partial charge in [0.25, 0.3) is 0 Å². The van der Waals surface area contributed by atoms with E-state index in [2.05, 4.69) is 0 Å². The van der Waals surface area contributed by atoms with Crippen molar-refractivity contribution in [3.63, 3.8) is 0 Å². The minimum Gasteiger partial charge on any atom is -0.465 e. The first-order valence-electron chi connectivity index (χ1n) is 9.01. The Labute approximate surface area is 163 Å². The average Bonchev–Trinajstić information content (AvgIpc) is 2.76. The van der Waals surface area contributed by atoms with Gasteiger partial charge in [0.1, 0.15) is 0 Å². The van der Waals surface area contributed by atoms with E-state index in [1.54, 1.807) is 85.8 Å². The summed E-state index contributed by atoms with van der Waals surface area (Å²) in [6.07, 6.45) is 0. The molecule has 0 N–H and O–H groups in total. The topological polar surface area (TPSA) is 26.3 Å². The molecule has 142 valence electrons. The predicted molar refractivity (Wildman–Crippen MR) is 106 cm³/mol. The van der Waals surface area contributed by atoms with Crippen LogP contribution in [0.1, 0.15) is 23.6 Å². The first-order valence-corrected chi connectivity index (χ1v) is 9.01. The van der Waals surface area contributed by atoms with Crippen LogP contribution in [0.2, 0.25) is 0 Å². The lowest BCUT2D eigenvalue weighted by molar-refractivity contribution is -0.147. The van der Waals surface area contributed by atoms with Crippen molar-refractivity contribution in [1.29, 1.82) is 0 Å². The summed E-state index contributed by atoms with van der Waals surface area (Å²) in [5.41, 5.74) is -1.40. The summed E-state index contributed by atoms with van der Waals surface area (Å²) in [5, 5.41) is 0. The van der Waals surface area contributed by atoms with Gasteiger partial charge in [-0.3, -0.25) is 4.79 Å². The Morgan fingerprint density at radius 1 is 0.786 bits per heavy atom. The van der Waals surface area contributed by atoms with Crippen molar-refractivity contribution in [3.8, 4) is 0 Å². The molecule has 0 bridgehead atoms. The highest BCUT2D eigenvalue weighted by atomic mass is 19.2. The Morgan fingerprint density at radius 2 is 1.21 bits per heavy atom. The fourth-order valence-electron chi connectivity index (χ4n) is 3.24. The normalized spacial score (nSPS) is 12.2. The van der Waals surface area contributed by atoms with Crippen molar-refractivity contribution in [3.05, 3.63) is 114 Å². The van der Waals surface area contributed by atoms with E-state index in [0.29, 0.717) is 11.1 Å². The van der Waals surface area contributed by atoms with E-state index >= 15 is 8.78 Å². The van der Waals surface area contributed by atoms with Crippen molar-refractivity contribution in [1.82, 2.24) is 0 Å². The van der Waals surface area contributed by atoms with Gasteiger partial charge in [0, 0.05) is 5.56 Å². The summed E-state index contributed by atoms with van der Waals surface area (Å²) in [5.74, 6) is -3.16. The molecular weight excluding hydrogens is 358 g/mol. The van der Waals surface area contributed by atoms with Gasteiger partial charge in [0.05, 0.1) is 6.61 Å². The van der Waals surface area contributed by atoms with E-state index in [-0.39, 0.29) is 12.2 Å². The van der Waals surface area contributed by atoms with Crippen LogP contribution in [-0.4, -0.2) is 12.6 Å². The molecule has 0 aliphatic carbocycles. The van der Waals surface area contributed by atoms with Crippen LogP contribution in [0.25, 0.3) is 5.83 Å². The second-order valence-corrected chi connectivity index (χ2v) is 6.20. The molecule has 0 saturated heterocycles. The van der Waals surface area contributed by atoms with Gasteiger partial charge in [-0.15, -0.1) is 0 Å². The van der Waals surface area contributed by atoms with Crippen molar-refractivity contribution < 1.29 is 18.3 Å². The highest BCUT2D eigenvalue weighted by Gasteiger charge is 2.50. The monoisotopic (exact) mass is 378 g/mol. The number of benzene rings is 3. The molecule has 0 saturated carbocycles. The first kappa shape index (κ1) is 19.5. The molecule has 0 atom stereocenters. The van der Waals surface area contributed by atoms with E-state index in [0.717, 1.165) is 0 Å². The molecule has 3 aromatic rings. The molecule has 4 heteroatoms. The molecular formula is C24H20F2O2. The fraction of sp³-hybridized carbons (Fsp3) is 0.125. The predicted octanol–water partition coefficient (Wildman–Crippen LogP) is 5.84. The van der Waals surface area contributed by atoms with Gasteiger partial charge in [0.2, 0.25) is 0 Å². The Morgan fingerprint density at radius 3 is 1.64 bits per heavy atom. The molecule has 0 aliphatic rings. The SMILES string of the molecule is CCOC(=O)C(C(F)=C(F)c1ccccc1)(c1ccccc1)c1ccccc1. The van der Waals surface area contributed by atoms with E-state index in [1.165, 1.54) is 12.1 Å². The van der Waals surface area contributed by atoms with E-state index < -0.39 is 23.0 Å². The number of ether oxygens (including phenoxy) is 1. The lowest BCUT2D eigenvalue weighted by atomic mass is 9.72. The molecule has 0 aromatic heterocycles. The van der Waals surface area contributed by atoms with Crippen LogP contribution in [0, 0.1) is 0 Å². The van der Waals surface area contributed by atoms with Crippen molar-refractivity contribution in [2.75, 3.05) is 6.61 Å². The minimum atomic E-state index is -2.04. The number of rotatable bonds is 6. The second-order valence-electron chi connectivity index (χ2n) is 6.20. The third-order valence-electron chi connectivity index (χ3n) is 4.54. The van der Waals surface area contributed by atoms with Crippen LogP contribution >= 0.6 is 0 Å². The lowest BCUT2D eigenvalue weighted by Crippen LogP contribution is -2.40. The zero-order chi connectivity index (χ0) is 20.0. The summed E-state index contributed by atoms with van der Waals surface area (Å²) in [6.45, 7) is 1.67. The van der Waals surface area contributed by atoms with E-state index in [1.807, 2.05) is 0 Å². The number of halogens is 2. The Kier molecular flexibility index (Phi) is 5.99. The summed E-state index contributed by atoms with van der Waals surface area (Å²) >= 11 is 0. The molecule has 0 radical (unpaired) electrons. The smallest absolute Gasteiger partial charge is 0.328 e. The summed E-state index contributed by atoms with van der Waals surface area (Å²) in [7, 11) is 0. The zero-order valence-corrected chi connectivity index (χ0v) is 15.4. The maximum absolute atomic E-state index is 16.0. The van der Waals surface area contributed by atoms with Crippen LogP contribution in [0.15, 0.2) is 96.8 Å². The van der Waals surface area contributed by atoms with Gasteiger partial charge < -0.3 is 4.74 Å². The molecule has 28 heavy (non-hydrogen) atoms. The van der Waals surface area contributed by atoms with Gasteiger partial charge in [-0.1, -0.05) is 91.0 Å². The number of hydrogen-bond acceptors (Lipinski definition) is 2. The summed E-state index contributed by atoms with van der Waals surface area (Å²) in [4.78, 5) is 13.2. The first-order chi connectivity index (χ1) is 13.6. The van der Waals surface area contributed by atoms with Gasteiger partial charge >= 0.3 is 5.97 Å². The third kappa shape index (κ3) is 3.46. The van der Waals surface area contributed by atoms with Crippen LogP contribution < -0.4 is 0 Å². The molecule has 3 rings (SSSR count). The Bertz CT molecular complexity index is 912. The number of carbonyl (C=O) groups is 1. The molecule has 0 heterocycles. The van der Waals surface area contributed by atoms with Crippen LogP contribution in [0.3, 0.4) is 0 Å². The number of carbonyl (C=O) groups excluding carboxylic acids is 1. The molecule has 0 unspecified atom stereocenters. The van der Waals surface area contributed by atoms with Crippen LogP contribution in [0.5, 0.6) is 0 Å². The maximum atomic E-state index is 16.0. The van der Waals surface area contributed by atoms with Gasteiger partial charge in [-0.25, -0.2) is 8.78 Å². The standard InChI is InChI=1S/C24H20F2O2/c1-2-28-23(27)24(19-14-8-4-9-15-19,20-16-10-5-11-17-20)22(26)21(25)18-12-6-3-7-13-18/h3-17H,2H2,1H3. The van der Waals surface area contributed by atoms with Crippen molar-refractivity contribution in [2.24, 2.45) is 0 Å². The van der Waals surface area contributed by atoms with Crippen LogP contribution in [-0.2, 0) is 14.9 Å². The van der Waals surface area contributed by atoms with E-state index in [4.69, 9.17) is 4.74 Å². The highest BCUT2D eigenvalue weighted by molar-refractivity contribution is 5.93. The highest BCUT2D eigenvalue weighted by Crippen LogP contribution is 2.44. The fourth-order valence-corrected chi connectivity index (χ4v) is 3.24. The summed E-state index contributed by atoms with van der Waals surface area (Å²) in [6, 6.07) is 24.5. The second kappa shape index (κ2) is 8.61. The molecule has 0 fully saturated rings. The lowest BCUT2D eigenvalue weighted by Gasteiger charge is -2.31. The molecule has 0 aliphatic heterocycles. The molecule has 2 nitrogen and oxygen atoms in total. The number of hydrogen-bond donors (Lipinski definition) is 0. The molecule has 0 amide bonds. The Hall–Kier alpha value is -3.27. The minimum absolute atomic E-state index is 0.0421. The Balaban J connectivity index is 2.37. The van der Waals surface area contributed by atoms with Gasteiger partial charge in [-0.2, -0.15) is 0 Å². The van der Waals surface area contributed by atoms with Crippen molar-refractivity contribution in [2.45, 2.75) is 12.3 Å². The largest absolute Gasteiger partial charge is 0.465 e. The van der Waals surface area contributed by atoms with Gasteiger partial charge in [-0.05, 0) is 18.1 Å². The molecule has 0 spiro atoms. The van der Waals surface area contributed by atoms with E-state index in [9.17, 15) is 4.79 Å². The molecule has 3 aromatic carbocycles. The average molecular weight is 378 g/mol. The van der Waals surface area contributed by atoms with Gasteiger partial charge in [0.15, 0.2) is 17.1 Å². The van der Waals surface area contributed by atoms with Crippen LogP contribution in [0.4, 0.5) is 8.78 Å². The third-order valence-corrected chi connectivity index (χ3v) is 4.54. The maximum Gasteiger partial charge on any atom is 0.328 e.